The minimum Gasteiger partial charge on any atom is -0.469 e. The van der Waals surface area contributed by atoms with E-state index in [0.29, 0.717) is 6.42 Å². The fourth-order valence-electron chi connectivity index (χ4n) is 5.18. The zero-order valence-electron chi connectivity index (χ0n) is 22.3. The van der Waals surface area contributed by atoms with E-state index in [-0.39, 0.29) is 17.0 Å². The molecule has 1 unspecified atom stereocenters. The first-order valence-electron chi connectivity index (χ1n) is 13.1. The number of hydrogen-bond acceptors (Lipinski definition) is 3. The Kier molecular flexibility index (Phi) is 7.80. The van der Waals surface area contributed by atoms with Gasteiger partial charge >= 0.3 is 5.97 Å². The van der Waals surface area contributed by atoms with Gasteiger partial charge in [0.15, 0.2) is 0 Å². The normalized spacial score (nSPS) is 17.4. The van der Waals surface area contributed by atoms with Crippen molar-refractivity contribution in [1.82, 2.24) is 0 Å². The van der Waals surface area contributed by atoms with Gasteiger partial charge in [-0.25, -0.2) is 0 Å². The summed E-state index contributed by atoms with van der Waals surface area (Å²) < 4.78 is 10.4. The van der Waals surface area contributed by atoms with Crippen LogP contribution in [0.1, 0.15) is 67.9 Å². The quantitative estimate of drug-likeness (QED) is 0.220. The Bertz CT molecular complexity index is 1210. The van der Waals surface area contributed by atoms with Gasteiger partial charge in [-0.3, -0.25) is 4.79 Å². The van der Waals surface area contributed by atoms with Crippen LogP contribution in [-0.2, 0) is 26.1 Å². The highest BCUT2D eigenvalue weighted by Crippen LogP contribution is 2.40. The third-order valence-electron chi connectivity index (χ3n) is 8.01. The summed E-state index contributed by atoms with van der Waals surface area (Å²) in [6.07, 6.45) is 7.83. The molecule has 3 heteroatoms. The second-order valence-corrected chi connectivity index (χ2v) is 9.93. The lowest BCUT2D eigenvalue weighted by molar-refractivity contribution is -0.139. The molecule has 188 valence electrons. The Morgan fingerprint density at radius 1 is 0.944 bits per heavy atom. The number of esters is 1. The molecule has 1 aliphatic rings. The maximum atomic E-state index is 11.5. The standard InChI is InChI=1S/C33H38O3/c1-6-32(23-36-32)20-19-26-13-18-30(21-24(26)4)33(7-2,8-3)29-16-14-28(15-17-29)27-11-9-25(10-12-27)22-31(34)35-5/h9-21H,6-8,22-23H2,1-5H3/b20-19+. The van der Waals surface area contributed by atoms with E-state index in [9.17, 15) is 4.79 Å². The lowest BCUT2D eigenvalue weighted by Gasteiger charge is -2.34. The van der Waals surface area contributed by atoms with Crippen LogP contribution in [0.25, 0.3) is 17.2 Å². The fraction of sp³-hybridized carbons (Fsp3) is 0.364. The number of epoxide rings is 1. The summed E-state index contributed by atoms with van der Waals surface area (Å²) in [7, 11) is 1.42. The molecular weight excluding hydrogens is 444 g/mol. The van der Waals surface area contributed by atoms with Crippen molar-refractivity contribution in [2.24, 2.45) is 0 Å². The number of aryl methyl sites for hydroxylation is 1. The van der Waals surface area contributed by atoms with Gasteiger partial charge in [0, 0.05) is 5.41 Å². The predicted molar refractivity (Wildman–Crippen MR) is 148 cm³/mol. The summed E-state index contributed by atoms with van der Waals surface area (Å²) in [5.41, 5.74) is 8.48. The molecule has 1 atom stereocenters. The third kappa shape index (κ3) is 5.32. The fourth-order valence-corrected chi connectivity index (χ4v) is 5.18. The maximum Gasteiger partial charge on any atom is 0.309 e. The molecule has 3 aromatic carbocycles. The number of carbonyl (C=O) groups is 1. The number of benzene rings is 3. The van der Waals surface area contributed by atoms with E-state index in [1.54, 1.807) is 0 Å². The summed E-state index contributed by atoms with van der Waals surface area (Å²) in [6, 6.07) is 24.1. The Morgan fingerprint density at radius 2 is 1.53 bits per heavy atom. The van der Waals surface area contributed by atoms with Crippen LogP contribution in [-0.4, -0.2) is 25.3 Å². The van der Waals surface area contributed by atoms with Crippen LogP contribution >= 0.6 is 0 Å². The molecule has 3 aromatic rings. The summed E-state index contributed by atoms with van der Waals surface area (Å²) in [5, 5.41) is 0. The van der Waals surface area contributed by atoms with E-state index in [0.717, 1.165) is 37.0 Å². The Labute approximate surface area is 216 Å². The lowest BCUT2D eigenvalue weighted by atomic mass is 9.70. The topological polar surface area (TPSA) is 38.8 Å². The van der Waals surface area contributed by atoms with E-state index in [1.165, 1.54) is 34.9 Å². The molecule has 1 heterocycles. The van der Waals surface area contributed by atoms with Crippen LogP contribution in [0.2, 0.25) is 0 Å². The van der Waals surface area contributed by atoms with Gasteiger partial charge in [-0.2, -0.15) is 0 Å². The van der Waals surface area contributed by atoms with Gasteiger partial charge in [-0.05, 0) is 71.2 Å². The van der Waals surface area contributed by atoms with Crippen LogP contribution in [0, 0.1) is 6.92 Å². The molecular formula is C33H38O3. The zero-order valence-corrected chi connectivity index (χ0v) is 22.3. The number of rotatable bonds is 10. The van der Waals surface area contributed by atoms with Crippen LogP contribution in [0.3, 0.4) is 0 Å². The van der Waals surface area contributed by atoms with Gasteiger partial charge in [-0.15, -0.1) is 0 Å². The lowest BCUT2D eigenvalue weighted by Crippen LogP contribution is -2.26. The third-order valence-corrected chi connectivity index (χ3v) is 8.01. The van der Waals surface area contributed by atoms with Crippen molar-refractivity contribution < 1.29 is 14.3 Å². The van der Waals surface area contributed by atoms with Crippen molar-refractivity contribution in [3.63, 3.8) is 0 Å². The average molecular weight is 483 g/mol. The van der Waals surface area contributed by atoms with Gasteiger partial charge in [0.2, 0.25) is 0 Å². The average Bonchev–Trinajstić information content (AvgIpc) is 3.70. The highest BCUT2D eigenvalue weighted by molar-refractivity contribution is 5.73. The molecule has 1 saturated heterocycles. The molecule has 0 aliphatic carbocycles. The van der Waals surface area contributed by atoms with Crippen molar-refractivity contribution in [3.8, 4) is 11.1 Å². The first-order chi connectivity index (χ1) is 17.4. The Morgan fingerprint density at radius 3 is 2.03 bits per heavy atom. The predicted octanol–water partition coefficient (Wildman–Crippen LogP) is 7.68. The van der Waals surface area contributed by atoms with Crippen molar-refractivity contribution >= 4 is 12.0 Å². The van der Waals surface area contributed by atoms with Crippen LogP contribution in [0.5, 0.6) is 0 Å². The maximum absolute atomic E-state index is 11.5. The number of ether oxygens (including phenoxy) is 2. The molecule has 3 nitrogen and oxygen atoms in total. The summed E-state index contributed by atoms with van der Waals surface area (Å²) >= 11 is 0. The summed E-state index contributed by atoms with van der Waals surface area (Å²) in [4.78, 5) is 11.5. The van der Waals surface area contributed by atoms with E-state index < -0.39 is 0 Å². The van der Waals surface area contributed by atoms with Crippen LogP contribution in [0.4, 0.5) is 0 Å². The van der Waals surface area contributed by atoms with Gasteiger partial charge in [0.1, 0.15) is 5.60 Å². The molecule has 0 spiro atoms. The Balaban J connectivity index is 1.58. The highest BCUT2D eigenvalue weighted by Gasteiger charge is 2.39. The van der Waals surface area contributed by atoms with E-state index >= 15 is 0 Å². The number of hydrogen-bond donors (Lipinski definition) is 0. The van der Waals surface area contributed by atoms with Crippen molar-refractivity contribution in [1.29, 1.82) is 0 Å². The molecule has 1 aliphatic heterocycles. The zero-order chi connectivity index (χ0) is 25.8. The highest BCUT2D eigenvalue weighted by atomic mass is 16.6. The van der Waals surface area contributed by atoms with Crippen molar-refractivity contribution in [2.45, 2.75) is 64.4 Å². The molecule has 36 heavy (non-hydrogen) atoms. The number of methoxy groups -OCH3 is 1. The minimum atomic E-state index is -0.219. The van der Waals surface area contributed by atoms with E-state index in [2.05, 4.69) is 94.4 Å². The Hall–Kier alpha value is -3.17. The second kappa shape index (κ2) is 10.8. The minimum absolute atomic E-state index is 0.0276. The molecule has 0 radical (unpaired) electrons. The van der Waals surface area contributed by atoms with E-state index in [1.807, 2.05) is 12.1 Å². The molecule has 0 aromatic heterocycles. The largest absolute Gasteiger partial charge is 0.469 e. The van der Waals surface area contributed by atoms with Crippen molar-refractivity contribution in [3.05, 3.63) is 101 Å². The van der Waals surface area contributed by atoms with Crippen LogP contribution < -0.4 is 0 Å². The molecule has 0 bridgehead atoms. The summed E-state index contributed by atoms with van der Waals surface area (Å²) in [6.45, 7) is 9.79. The van der Waals surface area contributed by atoms with Gasteiger partial charge < -0.3 is 9.47 Å². The summed E-state index contributed by atoms with van der Waals surface area (Å²) in [5.74, 6) is -0.219. The molecule has 0 N–H and O–H groups in total. The SMILES string of the molecule is CCC1(/C=C/c2ccc(C(CC)(CC)c3ccc(-c4ccc(CC(=O)OC)cc4)cc3)cc2C)CO1. The molecule has 0 amide bonds. The first kappa shape index (κ1) is 25.9. The van der Waals surface area contributed by atoms with Gasteiger partial charge in [0.05, 0.1) is 20.1 Å². The van der Waals surface area contributed by atoms with E-state index in [4.69, 9.17) is 9.47 Å². The molecule has 0 saturated carbocycles. The monoisotopic (exact) mass is 482 g/mol. The smallest absolute Gasteiger partial charge is 0.309 e. The van der Waals surface area contributed by atoms with Gasteiger partial charge in [0.25, 0.3) is 0 Å². The van der Waals surface area contributed by atoms with Crippen LogP contribution in [0.15, 0.2) is 72.8 Å². The van der Waals surface area contributed by atoms with Crippen molar-refractivity contribution in [2.75, 3.05) is 13.7 Å². The second-order valence-electron chi connectivity index (χ2n) is 9.93. The first-order valence-corrected chi connectivity index (χ1v) is 13.1. The molecule has 1 fully saturated rings. The van der Waals surface area contributed by atoms with Gasteiger partial charge in [-0.1, -0.05) is 93.6 Å². The number of carbonyl (C=O) groups excluding carboxylic acids is 1. The molecule has 4 rings (SSSR count).